The third kappa shape index (κ3) is 3.54. The van der Waals surface area contributed by atoms with Crippen molar-refractivity contribution in [2.24, 2.45) is 0 Å². The van der Waals surface area contributed by atoms with Crippen molar-refractivity contribution in [3.8, 4) is 0 Å². The highest BCUT2D eigenvalue weighted by molar-refractivity contribution is 6.02. The van der Waals surface area contributed by atoms with Gasteiger partial charge >= 0.3 is 0 Å². The highest BCUT2D eigenvalue weighted by Gasteiger charge is 2.28. The number of amides is 2. The van der Waals surface area contributed by atoms with E-state index in [0.29, 0.717) is 6.54 Å². The van der Waals surface area contributed by atoms with Crippen molar-refractivity contribution in [1.29, 1.82) is 0 Å². The van der Waals surface area contributed by atoms with Crippen molar-refractivity contribution in [3.05, 3.63) is 71.8 Å². The number of carbonyl (C=O) groups excluding carboxylic acids is 2. The molecule has 1 N–H and O–H groups in total. The Bertz CT molecular complexity index is 768. The average molecular weight is 320 g/mol. The summed E-state index contributed by atoms with van der Waals surface area (Å²) in [6.45, 7) is 2.38. The topological polar surface area (TPSA) is 49.4 Å². The largest absolute Gasteiger partial charge is 0.341 e. The number of para-hydroxylation sites is 1. The molecule has 3 rings (SSSR count). The van der Waals surface area contributed by atoms with E-state index in [1.807, 2.05) is 54.6 Å². The van der Waals surface area contributed by atoms with Crippen LogP contribution in [-0.2, 0) is 16.0 Å². The van der Waals surface area contributed by atoms with E-state index in [9.17, 15) is 9.59 Å². The zero-order valence-corrected chi connectivity index (χ0v) is 13.6. The van der Waals surface area contributed by atoms with Crippen LogP contribution in [0.1, 0.15) is 18.1 Å². The summed E-state index contributed by atoms with van der Waals surface area (Å²) in [5, 5.41) is 2.74. The van der Waals surface area contributed by atoms with Gasteiger partial charge in [0.15, 0.2) is 0 Å². The molecule has 0 bridgehead atoms. The highest BCUT2D eigenvalue weighted by Crippen LogP contribution is 2.27. The predicted octanol–water partition coefficient (Wildman–Crippen LogP) is 2.79. The second-order valence-corrected chi connectivity index (χ2v) is 5.84. The lowest BCUT2D eigenvalue weighted by Crippen LogP contribution is -2.46. The van der Waals surface area contributed by atoms with Crippen LogP contribution in [0.5, 0.6) is 0 Å². The number of rotatable bonds is 4. The average Bonchev–Trinajstić information content (AvgIpc) is 3.04. The van der Waals surface area contributed by atoms with Gasteiger partial charge in [-0.1, -0.05) is 48.5 Å². The van der Waals surface area contributed by atoms with Gasteiger partial charge in [-0.25, -0.2) is 0 Å². The lowest BCUT2D eigenvalue weighted by molar-refractivity contribution is -0.124. The molecule has 1 aliphatic rings. The van der Waals surface area contributed by atoms with Crippen molar-refractivity contribution in [2.45, 2.75) is 19.4 Å². The van der Waals surface area contributed by atoms with E-state index in [-0.39, 0.29) is 11.8 Å². The van der Waals surface area contributed by atoms with Crippen molar-refractivity contribution in [3.63, 3.8) is 0 Å². The molecular formula is C20H20N2O2. The first kappa shape index (κ1) is 16.0. The van der Waals surface area contributed by atoms with Crippen molar-refractivity contribution in [1.82, 2.24) is 5.32 Å². The van der Waals surface area contributed by atoms with E-state index in [0.717, 1.165) is 17.7 Å². The second-order valence-electron chi connectivity index (χ2n) is 5.84. The SMILES string of the molecule is CC(NC(=O)/C=C/c1ccccc1)C(=O)N1CCc2ccccc21. The van der Waals surface area contributed by atoms with E-state index in [4.69, 9.17) is 0 Å². The Hall–Kier alpha value is -2.88. The summed E-state index contributed by atoms with van der Waals surface area (Å²) in [6, 6.07) is 16.9. The maximum Gasteiger partial charge on any atom is 0.249 e. The van der Waals surface area contributed by atoms with Gasteiger partial charge in [0, 0.05) is 18.3 Å². The lowest BCUT2D eigenvalue weighted by atomic mass is 10.2. The fourth-order valence-electron chi connectivity index (χ4n) is 2.86. The summed E-state index contributed by atoms with van der Waals surface area (Å²) >= 11 is 0. The Kier molecular flexibility index (Phi) is 4.75. The van der Waals surface area contributed by atoms with Crippen LogP contribution in [0.2, 0.25) is 0 Å². The molecule has 1 atom stereocenters. The van der Waals surface area contributed by atoms with Crippen LogP contribution in [0, 0.1) is 0 Å². The van der Waals surface area contributed by atoms with Gasteiger partial charge in [0.2, 0.25) is 11.8 Å². The maximum absolute atomic E-state index is 12.6. The number of benzene rings is 2. The van der Waals surface area contributed by atoms with Gasteiger partial charge in [-0.2, -0.15) is 0 Å². The van der Waals surface area contributed by atoms with Crippen molar-refractivity contribution < 1.29 is 9.59 Å². The summed E-state index contributed by atoms with van der Waals surface area (Å²) in [7, 11) is 0. The van der Waals surface area contributed by atoms with Gasteiger partial charge in [0.1, 0.15) is 6.04 Å². The Balaban J connectivity index is 1.61. The third-order valence-corrected chi connectivity index (χ3v) is 4.11. The zero-order chi connectivity index (χ0) is 16.9. The minimum absolute atomic E-state index is 0.0820. The molecule has 2 aromatic carbocycles. The molecule has 2 aromatic rings. The minimum atomic E-state index is -0.566. The first-order valence-corrected chi connectivity index (χ1v) is 8.08. The standard InChI is InChI=1S/C20H20N2O2/c1-15(21-19(23)12-11-16-7-3-2-4-8-16)20(24)22-14-13-17-9-5-6-10-18(17)22/h2-12,15H,13-14H2,1H3,(H,21,23)/b12-11+. The van der Waals surface area contributed by atoms with Crippen molar-refractivity contribution >= 4 is 23.6 Å². The molecule has 0 saturated carbocycles. The maximum atomic E-state index is 12.6. The number of nitrogens with zero attached hydrogens (tertiary/aromatic N) is 1. The van der Waals surface area contributed by atoms with Crippen LogP contribution in [0.4, 0.5) is 5.69 Å². The fraction of sp³-hybridized carbons (Fsp3) is 0.200. The highest BCUT2D eigenvalue weighted by atomic mass is 16.2. The summed E-state index contributed by atoms with van der Waals surface area (Å²) in [5.74, 6) is -0.353. The molecule has 24 heavy (non-hydrogen) atoms. The predicted molar refractivity (Wildman–Crippen MR) is 95.6 cm³/mol. The number of hydrogen-bond acceptors (Lipinski definition) is 2. The smallest absolute Gasteiger partial charge is 0.249 e. The molecule has 2 amide bonds. The van der Waals surface area contributed by atoms with Crippen LogP contribution in [0.25, 0.3) is 6.08 Å². The molecule has 1 unspecified atom stereocenters. The molecule has 1 heterocycles. The number of anilines is 1. The van der Waals surface area contributed by atoms with Gasteiger partial charge in [0.05, 0.1) is 0 Å². The third-order valence-electron chi connectivity index (χ3n) is 4.11. The zero-order valence-electron chi connectivity index (χ0n) is 13.6. The van der Waals surface area contributed by atoms with Gasteiger partial charge < -0.3 is 10.2 Å². The monoisotopic (exact) mass is 320 g/mol. The van der Waals surface area contributed by atoms with Crippen LogP contribution in [0.15, 0.2) is 60.7 Å². The van der Waals surface area contributed by atoms with E-state index in [1.54, 1.807) is 17.9 Å². The molecule has 0 aromatic heterocycles. The molecule has 1 aliphatic heterocycles. The molecular weight excluding hydrogens is 300 g/mol. The number of fused-ring (bicyclic) bond motifs is 1. The van der Waals surface area contributed by atoms with Gasteiger partial charge in [-0.3, -0.25) is 9.59 Å². The number of nitrogens with one attached hydrogen (secondary N) is 1. The first-order chi connectivity index (χ1) is 11.6. The van der Waals surface area contributed by atoms with Crippen LogP contribution in [0.3, 0.4) is 0 Å². The normalized spacial score (nSPS) is 14.5. The van der Waals surface area contributed by atoms with E-state index in [2.05, 4.69) is 5.32 Å². The molecule has 0 spiro atoms. The van der Waals surface area contributed by atoms with Crippen molar-refractivity contribution in [2.75, 3.05) is 11.4 Å². The molecule has 122 valence electrons. The molecule has 0 aliphatic carbocycles. The van der Waals surface area contributed by atoms with Crippen LogP contribution < -0.4 is 10.2 Å². The minimum Gasteiger partial charge on any atom is -0.341 e. The number of hydrogen-bond donors (Lipinski definition) is 1. The fourth-order valence-corrected chi connectivity index (χ4v) is 2.86. The van der Waals surface area contributed by atoms with E-state index in [1.165, 1.54) is 11.6 Å². The Morgan fingerprint density at radius 1 is 1.08 bits per heavy atom. The van der Waals surface area contributed by atoms with Gasteiger partial charge in [-0.05, 0) is 36.6 Å². The second kappa shape index (κ2) is 7.13. The Morgan fingerprint density at radius 2 is 1.79 bits per heavy atom. The first-order valence-electron chi connectivity index (χ1n) is 8.08. The van der Waals surface area contributed by atoms with Gasteiger partial charge in [0.25, 0.3) is 0 Å². The quantitative estimate of drug-likeness (QED) is 0.881. The summed E-state index contributed by atoms with van der Waals surface area (Å²) in [5.41, 5.74) is 3.07. The molecule has 4 heteroatoms. The van der Waals surface area contributed by atoms with Gasteiger partial charge in [-0.15, -0.1) is 0 Å². The number of carbonyl (C=O) groups is 2. The molecule has 0 saturated heterocycles. The van der Waals surface area contributed by atoms with E-state index >= 15 is 0 Å². The molecule has 0 fully saturated rings. The Morgan fingerprint density at radius 3 is 2.58 bits per heavy atom. The summed E-state index contributed by atoms with van der Waals surface area (Å²) < 4.78 is 0. The summed E-state index contributed by atoms with van der Waals surface area (Å²) in [4.78, 5) is 26.4. The van der Waals surface area contributed by atoms with Crippen LogP contribution >= 0.6 is 0 Å². The van der Waals surface area contributed by atoms with Crippen LogP contribution in [-0.4, -0.2) is 24.4 Å². The summed E-state index contributed by atoms with van der Waals surface area (Å²) in [6.07, 6.45) is 4.05. The molecule has 0 radical (unpaired) electrons. The Labute approximate surface area is 141 Å². The van der Waals surface area contributed by atoms with E-state index < -0.39 is 6.04 Å². The lowest BCUT2D eigenvalue weighted by Gasteiger charge is -2.22. The molecule has 4 nitrogen and oxygen atoms in total.